The first-order valence-corrected chi connectivity index (χ1v) is 11.7. The molecular formula is C30H25NS. The average molecular weight is 432 g/mol. The Morgan fingerprint density at radius 2 is 1.66 bits per heavy atom. The second kappa shape index (κ2) is 9.09. The minimum Gasteiger partial charge on any atom is -0.195 e. The molecule has 2 heteroatoms. The molecule has 1 fully saturated rings. The Morgan fingerprint density at radius 3 is 2.38 bits per heavy atom. The molecule has 0 radical (unpaired) electrons. The largest absolute Gasteiger partial charge is 0.195 e. The molecule has 0 aromatic heterocycles. The van der Waals surface area contributed by atoms with Crippen LogP contribution in [0.25, 0.3) is 17.2 Å². The van der Waals surface area contributed by atoms with E-state index in [2.05, 4.69) is 102 Å². The molecular weight excluding hydrogens is 406 g/mol. The van der Waals surface area contributed by atoms with Crippen LogP contribution < -0.4 is 0 Å². The number of nitrogens with zero attached hydrogens (tertiary/aromatic N) is 1. The number of rotatable bonds is 4. The number of hydrogen-bond acceptors (Lipinski definition) is 2. The molecule has 0 spiro atoms. The van der Waals surface area contributed by atoms with Gasteiger partial charge in [0.2, 0.25) is 0 Å². The van der Waals surface area contributed by atoms with Gasteiger partial charge in [-0.3, -0.25) is 0 Å². The van der Waals surface area contributed by atoms with Crippen molar-refractivity contribution in [2.75, 3.05) is 0 Å². The Balaban J connectivity index is 1.29. The molecule has 0 heterocycles. The van der Waals surface area contributed by atoms with Crippen LogP contribution in [-0.2, 0) is 12.8 Å². The summed E-state index contributed by atoms with van der Waals surface area (Å²) in [5.74, 6) is 8.57. The monoisotopic (exact) mass is 431 g/mol. The van der Waals surface area contributed by atoms with Gasteiger partial charge in [0.25, 0.3) is 0 Å². The van der Waals surface area contributed by atoms with Gasteiger partial charge in [-0.15, -0.1) is 0 Å². The zero-order chi connectivity index (χ0) is 21.9. The number of aryl methyl sites for hydroxylation is 1. The second-order valence-electron chi connectivity index (χ2n) is 8.96. The van der Waals surface area contributed by atoms with E-state index in [1.165, 1.54) is 46.2 Å². The minimum atomic E-state index is 0.833. The molecule has 1 nitrogen and oxygen atoms in total. The first kappa shape index (κ1) is 20.7. The fourth-order valence-corrected chi connectivity index (χ4v) is 4.52. The maximum Gasteiger partial charge on any atom is 0.0739 e. The van der Waals surface area contributed by atoms with Gasteiger partial charge in [-0.2, -0.15) is 4.99 Å². The standard InChI is InChI=1S/C30H25NS/c1-21-16-29(21)18-23-5-2-22(3-6-23)4-7-24-8-9-28-19-27(11-10-26(28)17-24)25-12-14-30(15-13-25)31-20-32/h2-3,5-6,10-15,17,19,21,29H,8-9,16,18H2,1H3. The number of allylic oxidation sites excluding steroid dienone is 1. The van der Waals surface area contributed by atoms with Crippen molar-refractivity contribution in [2.24, 2.45) is 16.8 Å². The summed E-state index contributed by atoms with van der Waals surface area (Å²) in [6, 6.07) is 23.6. The topological polar surface area (TPSA) is 12.4 Å². The van der Waals surface area contributed by atoms with Gasteiger partial charge in [0.05, 0.1) is 10.8 Å². The van der Waals surface area contributed by atoms with Crippen LogP contribution >= 0.6 is 12.2 Å². The summed E-state index contributed by atoms with van der Waals surface area (Å²) in [6.07, 6.45) is 6.85. The highest BCUT2D eigenvalue weighted by atomic mass is 32.1. The molecule has 2 aliphatic carbocycles. The van der Waals surface area contributed by atoms with E-state index >= 15 is 0 Å². The van der Waals surface area contributed by atoms with Crippen molar-refractivity contribution >= 4 is 29.1 Å². The van der Waals surface area contributed by atoms with Gasteiger partial charge in [-0.25, -0.2) is 0 Å². The van der Waals surface area contributed by atoms with Gasteiger partial charge < -0.3 is 0 Å². The fraction of sp³-hybridized carbons (Fsp3) is 0.233. The van der Waals surface area contributed by atoms with E-state index in [1.807, 2.05) is 12.1 Å². The highest BCUT2D eigenvalue weighted by Gasteiger charge is 2.31. The molecule has 0 N–H and O–H groups in total. The summed E-state index contributed by atoms with van der Waals surface area (Å²) in [6.45, 7) is 2.34. The minimum absolute atomic E-state index is 0.833. The number of isothiocyanates is 1. The molecule has 156 valence electrons. The predicted molar refractivity (Wildman–Crippen MR) is 137 cm³/mol. The highest BCUT2D eigenvalue weighted by Crippen LogP contribution is 2.40. The quantitative estimate of drug-likeness (QED) is 0.234. The maximum atomic E-state index is 4.68. The van der Waals surface area contributed by atoms with Crippen molar-refractivity contribution in [3.05, 3.63) is 94.6 Å². The molecule has 32 heavy (non-hydrogen) atoms. The van der Waals surface area contributed by atoms with E-state index < -0.39 is 0 Å². The number of thiocarbonyl (C=S) groups is 1. The van der Waals surface area contributed by atoms with E-state index in [0.29, 0.717) is 0 Å². The van der Waals surface area contributed by atoms with E-state index in [0.717, 1.165) is 35.9 Å². The summed E-state index contributed by atoms with van der Waals surface area (Å²) in [4.78, 5) is 4.02. The van der Waals surface area contributed by atoms with Crippen LogP contribution in [0.3, 0.4) is 0 Å². The molecule has 1 saturated carbocycles. The van der Waals surface area contributed by atoms with Crippen LogP contribution in [0.2, 0.25) is 0 Å². The third kappa shape index (κ3) is 4.81. The van der Waals surface area contributed by atoms with E-state index in [1.54, 1.807) is 0 Å². The number of hydrogen-bond donors (Lipinski definition) is 0. The highest BCUT2D eigenvalue weighted by molar-refractivity contribution is 7.78. The molecule has 2 aliphatic rings. The lowest BCUT2D eigenvalue weighted by Crippen LogP contribution is -1.98. The molecule has 5 rings (SSSR count). The maximum absolute atomic E-state index is 4.68. The zero-order valence-electron chi connectivity index (χ0n) is 18.3. The van der Waals surface area contributed by atoms with Crippen molar-refractivity contribution in [1.29, 1.82) is 0 Å². The molecule has 0 saturated heterocycles. The Hall–Kier alpha value is -3.24. The van der Waals surface area contributed by atoms with E-state index in [-0.39, 0.29) is 0 Å². The lowest BCUT2D eigenvalue weighted by atomic mass is 9.89. The number of fused-ring (bicyclic) bond motifs is 1. The van der Waals surface area contributed by atoms with Crippen molar-refractivity contribution < 1.29 is 0 Å². The van der Waals surface area contributed by atoms with Crippen LogP contribution in [0.1, 0.15) is 42.0 Å². The van der Waals surface area contributed by atoms with Gasteiger partial charge >= 0.3 is 0 Å². The van der Waals surface area contributed by atoms with E-state index in [9.17, 15) is 0 Å². The molecule has 0 bridgehead atoms. The summed E-state index contributed by atoms with van der Waals surface area (Å²) >= 11 is 4.68. The van der Waals surface area contributed by atoms with Crippen LogP contribution in [0.5, 0.6) is 0 Å². The molecule has 2 unspecified atom stereocenters. The first-order chi connectivity index (χ1) is 15.7. The molecule has 2 atom stereocenters. The van der Waals surface area contributed by atoms with Gasteiger partial charge in [0, 0.05) is 11.1 Å². The van der Waals surface area contributed by atoms with Gasteiger partial charge in [0.1, 0.15) is 0 Å². The summed E-state index contributed by atoms with van der Waals surface area (Å²) in [5.41, 5.74) is 9.65. The fourth-order valence-electron chi connectivity index (χ4n) is 4.41. The first-order valence-electron chi connectivity index (χ1n) is 11.3. The van der Waals surface area contributed by atoms with Gasteiger partial charge in [-0.05, 0) is 108 Å². The third-order valence-electron chi connectivity index (χ3n) is 6.61. The average Bonchev–Trinajstić information content (AvgIpc) is 3.53. The summed E-state index contributed by atoms with van der Waals surface area (Å²) in [5, 5.41) is 2.41. The predicted octanol–water partition coefficient (Wildman–Crippen LogP) is 7.67. The normalized spacial score (nSPS) is 18.5. The Morgan fingerprint density at radius 1 is 0.906 bits per heavy atom. The molecule has 3 aromatic carbocycles. The van der Waals surface area contributed by atoms with Crippen molar-refractivity contribution in [2.45, 2.75) is 32.6 Å². The Bertz CT molecular complexity index is 1280. The molecule has 0 aliphatic heterocycles. The summed E-state index contributed by atoms with van der Waals surface area (Å²) < 4.78 is 0. The number of aliphatic imine (C=N–C) groups is 1. The zero-order valence-corrected chi connectivity index (χ0v) is 19.1. The smallest absolute Gasteiger partial charge is 0.0739 e. The van der Waals surface area contributed by atoms with Crippen molar-refractivity contribution in [1.82, 2.24) is 0 Å². The lowest BCUT2D eigenvalue weighted by Gasteiger charge is -2.15. The van der Waals surface area contributed by atoms with Gasteiger partial charge in [0.15, 0.2) is 0 Å². The van der Waals surface area contributed by atoms with E-state index in [4.69, 9.17) is 0 Å². The Kier molecular flexibility index (Phi) is 5.87. The number of benzene rings is 3. The Labute approximate surface area is 195 Å². The van der Waals surface area contributed by atoms with Crippen LogP contribution in [-0.4, -0.2) is 5.16 Å². The second-order valence-corrected chi connectivity index (χ2v) is 9.14. The van der Waals surface area contributed by atoms with Crippen LogP contribution in [0.15, 0.2) is 77.3 Å². The van der Waals surface area contributed by atoms with Crippen molar-refractivity contribution in [3.63, 3.8) is 0 Å². The SMILES string of the molecule is CC1CC1Cc1ccc(C#CC2=Cc3ccc(-c4ccc(N=C=S)cc4)cc3CC2)cc1. The third-order valence-corrected chi connectivity index (χ3v) is 6.70. The van der Waals surface area contributed by atoms with Crippen molar-refractivity contribution in [3.8, 4) is 23.0 Å². The van der Waals surface area contributed by atoms with Crippen LogP contribution in [0.4, 0.5) is 5.69 Å². The summed E-state index contributed by atoms with van der Waals surface area (Å²) in [7, 11) is 0. The molecule has 0 amide bonds. The van der Waals surface area contributed by atoms with Gasteiger partial charge in [-0.1, -0.05) is 61.2 Å². The lowest BCUT2D eigenvalue weighted by molar-refractivity contribution is 0.747. The van der Waals surface area contributed by atoms with Crippen LogP contribution in [0, 0.1) is 23.7 Å². The molecule has 3 aromatic rings.